The van der Waals surface area contributed by atoms with Crippen molar-refractivity contribution >= 4 is 0 Å². The Morgan fingerprint density at radius 1 is 0.800 bits per heavy atom. The van der Waals surface area contributed by atoms with Crippen molar-refractivity contribution in [3.63, 3.8) is 0 Å². The fourth-order valence-electron chi connectivity index (χ4n) is 1.22. The van der Waals surface area contributed by atoms with Gasteiger partial charge in [0, 0.05) is 0 Å². The predicted octanol–water partition coefficient (Wildman–Crippen LogP) is 2.10. The zero-order valence-corrected chi connectivity index (χ0v) is 6.60. The summed E-state index contributed by atoms with van der Waals surface area (Å²) in [7, 11) is 0. The van der Waals surface area contributed by atoms with E-state index in [1.165, 1.54) is 45.2 Å². The summed E-state index contributed by atoms with van der Waals surface area (Å²) in [4.78, 5) is 0. The molecule has 0 aromatic heterocycles. The van der Waals surface area contributed by atoms with Gasteiger partial charge in [-0.05, 0) is 45.2 Å². The summed E-state index contributed by atoms with van der Waals surface area (Å²) in [6.07, 6.45) is 11.2. The minimum atomic E-state index is 1.20. The van der Waals surface area contributed by atoms with Crippen molar-refractivity contribution in [2.75, 3.05) is 13.1 Å². The largest absolute Gasteiger partial charge is 0.317 e. The molecule has 1 heterocycles. The van der Waals surface area contributed by atoms with Crippen LogP contribution in [0.25, 0.3) is 0 Å². The monoisotopic (exact) mass is 139 g/mol. The molecule has 0 aromatic rings. The molecule has 0 aliphatic carbocycles. The third kappa shape index (κ3) is 3.67. The molecule has 0 fully saturated rings. The molecule has 10 heavy (non-hydrogen) atoms. The average Bonchev–Trinajstić information content (AvgIpc) is 2.01. The van der Waals surface area contributed by atoms with Gasteiger partial charge in [0.1, 0.15) is 0 Å². The highest BCUT2D eigenvalue weighted by Crippen LogP contribution is 1.99. The van der Waals surface area contributed by atoms with Crippen LogP contribution in [0.2, 0.25) is 0 Å². The summed E-state index contributed by atoms with van der Waals surface area (Å²) in [6.45, 7) is 2.41. The maximum atomic E-state index is 3.42. The zero-order valence-electron chi connectivity index (χ0n) is 6.60. The fraction of sp³-hybridized carbons (Fsp3) is 0.778. The molecule has 0 radical (unpaired) electrons. The van der Waals surface area contributed by atoms with Crippen molar-refractivity contribution in [3.05, 3.63) is 12.2 Å². The predicted molar refractivity (Wildman–Crippen MR) is 45.1 cm³/mol. The topological polar surface area (TPSA) is 12.0 Å². The Morgan fingerprint density at radius 2 is 1.50 bits per heavy atom. The number of nitrogens with one attached hydrogen (secondary N) is 1. The van der Waals surface area contributed by atoms with Gasteiger partial charge in [-0.25, -0.2) is 0 Å². The summed E-state index contributed by atoms with van der Waals surface area (Å²) in [5, 5.41) is 3.42. The van der Waals surface area contributed by atoms with Gasteiger partial charge < -0.3 is 5.32 Å². The minimum Gasteiger partial charge on any atom is -0.317 e. The Bertz CT molecular complexity index is 84.9. The van der Waals surface area contributed by atoms with E-state index in [0.717, 1.165) is 0 Å². The first-order chi connectivity index (χ1) is 5.00. The molecule has 1 aliphatic rings. The molecular formula is C9H17N. The van der Waals surface area contributed by atoms with E-state index in [1.54, 1.807) is 0 Å². The van der Waals surface area contributed by atoms with Crippen LogP contribution >= 0.6 is 0 Å². The molecule has 0 aromatic carbocycles. The van der Waals surface area contributed by atoms with Gasteiger partial charge in [0.2, 0.25) is 0 Å². The van der Waals surface area contributed by atoms with E-state index in [9.17, 15) is 0 Å². The van der Waals surface area contributed by atoms with Crippen LogP contribution in [-0.2, 0) is 0 Å². The highest BCUT2D eigenvalue weighted by molar-refractivity contribution is 4.82. The van der Waals surface area contributed by atoms with Crippen molar-refractivity contribution in [1.29, 1.82) is 0 Å². The molecule has 58 valence electrons. The van der Waals surface area contributed by atoms with Crippen LogP contribution in [0.5, 0.6) is 0 Å². The van der Waals surface area contributed by atoms with Crippen LogP contribution in [0.1, 0.15) is 32.1 Å². The second kappa shape index (κ2) is 5.48. The van der Waals surface area contributed by atoms with Crippen molar-refractivity contribution in [2.24, 2.45) is 0 Å². The standard InChI is InChI=1S/C9H17N/c1-2-4-6-8-10-9-7-5-3-1/h1-2,10H,3-9H2. The van der Waals surface area contributed by atoms with Gasteiger partial charge in [0.25, 0.3) is 0 Å². The van der Waals surface area contributed by atoms with Gasteiger partial charge in [-0.3, -0.25) is 0 Å². The van der Waals surface area contributed by atoms with Gasteiger partial charge in [-0.1, -0.05) is 12.2 Å². The third-order valence-corrected chi connectivity index (χ3v) is 1.87. The van der Waals surface area contributed by atoms with Gasteiger partial charge in [-0.15, -0.1) is 0 Å². The Kier molecular flexibility index (Phi) is 4.28. The summed E-state index contributed by atoms with van der Waals surface area (Å²) < 4.78 is 0. The normalized spacial score (nSPS) is 22.4. The van der Waals surface area contributed by atoms with Crippen LogP contribution in [0.4, 0.5) is 0 Å². The van der Waals surface area contributed by atoms with Crippen LogP contribution in [-0.4, -0.2) is 13.1 Å². The third-order valence-electron chi connectivity index (χ3n) is 1.87. The van der Waals surface area contributed by atoms with Crippen LogP contribution in [0.3, 0.4) is 0 Å². The second-order valence-electron chi connectivity index (χ2n) is 2.86. The molecule has 0 spiro atoms. The number of hydrogen-bond acceptors (Lipinski definition) is 1. The maximum Gasteiger partial charge on any atom is -0.00460 e. The Balaban J connectivity index is 2.13. The molecule has 1 nitrogen and oxygen atoms in total. The molecule has 0 unspecified atom stereocenters. The maximum absolute atomic E-state index is 3.42. The van der Waals surface area contributed by atoms with E-state index >= 15 is 0 Å². The Hall–Kier alpha value is -0.300. The van der Waals surface area contributed by atoms with E-state index in [1.807, 2.05) is 0 Å². The van der Waals surface area contributed by atoms with Crippen LogP contribution in [0.15, 0.2) is 12.2 Å². The average molecular weight is 139 g/mol. The minimum absolute atomic E-state index is 1.20. The van der Waals surface area contributed by atoms with E-state index in [0.29, 0.717) is 0 Å². The van der Waals surface area contributed by atoms with Crippen LogP contribution < -0.4 is 5.32 Å². The smallest absolute Gasteiger partial charge is 0.00460 e. The molecule has 0 saturated carbocycles. The summed E-state index contributed by atoms with van der Waals surface area (Å²) in [5.74, 6) is 0. The van der Waals surface area contributed by atoms with Crippen molar-refractivity contribution in [1.82, 2.24) is 5.32 Å². The highest BCUT2D eigenvalue weighted by atomic mass is 14.8. The SMILES string of the molecule is C1=CCCCNCCCC1. The van der Waals surface area contributed by atoms with E-state index in [-0.39, 0.29) is 0 Å². The first-order valence-corrected chi connectivity index (χ1v) is 4.36. The molecule has 1 aliphatic heterocycles. The van der Waals surface area contributed by atoms with Gasteiger partial charge in [0.05, 0.1) is 0 Å². The van der Waals surface area contributed by atoms with Gasteiger partial charge in [0.15, 0.2) is 0 Å². The van der Waals surface area contributed by atoms with Gasteiger partial charge in [-0.2, -0.15) is 0 Å². The highest BCUT2D eigenvalue weighted by Gasteiger charge is 1.90. The number of allylic oxidation sites excluding steroid dienone is 2. The summed E-state index contributed by atoms with van der Waals surface area (Å²) >= 11 is 0. The van der Waals surface area contributed by atoms with Gasteiger partial charge >= 0.3 is 0 Å². The lowest BCUT2D eigenvalue weighted by molar-refractivity contribution is 0.602. The number of rotatable bonds is 0. The molecule has 0 saturated heterocycles. The second-order valence-corrected chi connectivity index (χ2v) is 2.86. The van der Waals surface area contributed by atoms with Crippen LogP contribution in [0, 0.1) is 0 Å². The lowest BCUT2D eigenvalue weighted by Gasteiger charge is -2.04. The van der Waals surface area contributed by atoms with Crippen molar-refractivity contribution < 1.29 is 0 Å². The van der Waals surface area contributed by atoms with E-state index in [4.69, 9.17) is 0 Å². The van der Waals surface area contributed by atoms with Crippen molar-refractivity contribution in [2.45, 2.75) is 32.1 Å². The first-order valence-electron chi connectivity index (χ1n) is 4.36. The molecule has 1 rings (SSSR count). The fourth-order valence-corrected chi connectivity index (χ4v) is 1.22. The van der Waals surface area contributed by atoms with E-state index in [2.05, 4.69) is 17.5 Å². The molecular weight excluding hydrogens is 122 g/mol. The Labute approximate surface area is 63.5 Å². The lowest BCUT2D eigenvalue weighted by Crippen LogP contribution is -2.16. The molecule has 0 atom stereocenters. The van der Waals surface area contributed by atoms with Crippen molar-refractivity contribution in [3.8, 4) is 0 Å². The number of hydrogen-bond donors (Lipinski definition) is 1. The molecule has 0 bridgehead atoms. The van der Waals surface area contributed by atoms with E-state index < -0.39 is 0 Å². The molecule has 1 N–H and O–H groups in total. The lowest BCUT2D eigenvalue weighted by atomic mass is 10.2. The zero-order chi connectivity index (χ0) is 7.07. The first kappa shape index (κ1) is 7.80. The molecule has 0 amide bonds. The Morgan fingerprint density at radius 3 is 2.40 bits per heavy atom. The summed E-state index contributed by atoms with van der Waals surface area (Å²) in [6, 6.07) is 0. The molecule has 1 heteroatoms. The summed E-state index contributed by atoms with van der Waals surface area (Å²) in [5.41, 5.74) is 0. The quantitative estimate of drug-likeness (QED) is 0.507.